The Bertz CT molecular complexity index is 599. The van der Waals surface area contributed by atoms with Crippen molar-refractivity contribution in [1.82, 2.24) is 0 Å². The van der Waals surface area contributed by atoms with E-state index in [2.05, 4.69) is 20.8 Å². The molecule has 0 aliphatic heterocycles. The zero-order chi connectivity index (χ0) is 24.2. The van der Waals surface area contributed by atoms with Crippen LogP contribution in [0.3, 0.4) is 0 Å². The maximum atomic E-state index is 10.8. The fourth-order valence-electron chi connectivity index (χ4n) is 4.66. The normalized spacial score (nSPS) is 11.4. The van der Waals surface area contributed by atoms with E-state index >= 15 is 0 Å². The molecular weight excluding hydrogens is 424 g/mol. The lowest BCUT2D eigenvalue weighted by atomic mass is 10.0. The van der Waals surface area contributed by atoms with Gasteiger partial charge < -0.3 is 10.2 Å². The summed E-state index contributed by atoms with van der Waals surface area (Å²) in [6.45, 7) is 6.52. The Labute approximate surface area is 210 Å². The second-order valence-corrected chi connectivity index (χ2v) is 11.0. The lowest BCUT2D eigenvalue weighted by Gasteiger charge is -2.16. The van der Waals surface area contributed by atoms with Gasteiger partial charge in [-0.25, -0.2) is 0 Å². The molecule has 0 saturated heterocycles. The first-order chi connectivity index (χ1) is 16.2. The molecule has 0 saturated carbocycles. The monoisotopic (exact) mass is 478 g/mol. The van der Waals surface area contributed by atoms with Crippen molar-refractivity contribution < 1.29 is 10.2 Å². The highest BCUT2D eigenvalue weighted by molar-refractivity contribution is 7.99. The number of thioether (sulfide) groups is 1. The van der Waals surface area contributed by atoms with Crippen LogP contribution in [-0.2, 0) is 12.8 Å². The summed E-state index contributed by atoms with van der Waals surface area (Å²) >= 11 is 1.74. The highest BCUT2D eigenvalue weighted by Crippen LogP contribution is 2.41. The third-order valence-corrected chi connectivity index (χ3v) is 7.90. The number of phenolic OH excluding ortho intramolecular Hbond substituents is 2. The Balaban J connectivity index is 2.09. The van der Waals surface area contributed by atoms with Crippen molar-refractivity contribution in [2.24, 2.45) is 0 Å². The number of aromatic hydroxyl groups is 2. The summed E-state index contributed by atoms with van der Waals surface area (Å²) in [5, 5.41) is 21.2. The summed E-state index contributed by atoms with van der Waals surface area (Å²) in [4.78, 5) is 0.932. The topological polar surface area (TPSA) is 40.5 Å². The van der Waals surface area contributed by atoms with Crippen LogP contribution in [0.2, 0.25) is 0 Å². The van der Waals surface area contributed by atoms with Crippen molar-refractivity contribution in [2.45, 2.75) is 154 Å². The van der Waals surface area contributed by atoms with Crippen LogP contribution in [0.1, 0.15) is 147 Å². The summed E-state index contributed by atoms with van der Waals surface area (Å²) in [5.41, 5.74) is 1.83. The molecule has 2 N–H and O–H groups in total. The minimum Gasteiger partial charge on any atom is -0.508 e. The molecule has 2 nitrogen and oxygen atoms in total. The molecule has 0 atom stereocenters. The Hall–Kier alpha value is -0.830. The van der Waals surface area contributed by atoms with E-state index in [4.69, 9.17) is 0 Å². The second kappa shape index (κ2) is 20.5. The van der Waals surface area contributed by atoms with Crippen LogP contribution in [0.25, 0.3) is 0 Å². The maximum Gasteiger partial charge on any atom is 0.132 e. The van der Waals surface area contributed by atoms with Crippen molar-refractivity contribution in [1.29, 1.82) is 0 Å². The molecule has 0 fully saturated rings. The molecule has 0 unspecified atom stereocenters. The molecule has 0 heterocycles. The van der Waals surface area contributed by atoms with Crippen LogP contribution >= 0.6 is 11.8 Å². The smallest absolute Gasteiger partial charge is 0.132 e. The predicted molar refractivity (Wildman–Crippen MR) is 148 cm³/mol. The quantitative estimate of drug-likeness (QED) is 0.0988. The average molecular weight is 479 g/mol. The minimum atomic E-state index is 0.368. The maximum absolute atomic E-state index is 10.8. The summed E-state index contributed by atoms with van der Waals surface area (Å²) in [6.07, 6.45) is 25.8. The number of rotatable bonds is 22. The molecule has 1 aromatic rings. The van der Waals surface area contributed by atoms with E-state index in [1.54, 1.807) is 17.8 Å². The van der Waals surface area contributed by atoms with Crippen molar-refractivity contribution >= 4 is 11.8 Å². The zero-order valence-electron chi connectivity index (χ0n) is 22.2. The minimum absolute atomic E-state index is 0.368. The van der Waals surface area contributed by atoms with Crippen molar-refractivity contribution in [2.75, 3.05) is 5.75 Å². The van der Waals surface area contributed by atoms with Crippen LogP contribution in [0, 0.1) is 0 Å². The Morgan fingerprint density at radius 1 is 0.576 bits per heavy atom. The van der Waals surface area contributed by atoms with Gasteiger partial charge in [0.25, 0.3) is 0 Å². The van der Waals surface area contributed by atoms with E-state index in [0.717, 1.165) is 47.5 Å². The average Bonchev–Trinajstić information content (AvgIpc) is 2.81. The van der Waals surface area contributed by atoms with Gasteiger partial charge in [-0.1, -0.05) is 130 Å². The highest BCUT2D eigenvalue weighted by atomic mass is 32.2. The van der Waals surface area contributed by atoms with E-state index < -0.39 is 0 Å². The fourth-order valence-corrected chi connectivity index (χ4v) is 5.86. The summed E-state index contributed by atoms with van der Waals surface area (Å²) in [6, 6.07) is 1.78. The third-order valence-electron chi connectivity index (χ3n) is 6.68. The number of unbranched alkanes of at least 4 members (excludes halogenated alkanes) is 15. The van der Waals surface area contributed by atoms with E-state index in [9.17, 15) is 10.2 Å². The van der Waals surface area contributed by atoms with Gasteiger partial charge in [-0.05, 0) is 36.6 Å². The van der Waals surface area contributed by atoms with Crippen LogP contribution < -0.4 is 0 Å². The molecule has 0 aromatic heterocycles. The lowest BCUT2D eigenvalue weighted by molar-refractivity contribution is 0.435. The number of benzene rings is 1. The van der Waals surface area contributed by atoms with Gasteiger partial charge in [0.1, 0.15) is 11.5 Å². The first-order valence-electron chi connectivity index (χ1n) is 14.3. The molecule has 192 valence electrons. The van der Waals surface area contributed by atoms with Gasteiger partial charge in [-0.15, -0.1) is 11.8 Å². The number of hydrogen-bond donors (Lipinski definition) is 2. The van der Waals surface area contributed by atoms with E-state index in [1.807, 2.05) is 0 Å². The summed E-state index contributed by atoms with van der Waals surface area (Å²) < 4.78 is 0. The molecule has 0 spiro atoms. The fraction of sp³-hybridized carbons (Fsp3) is 0.800. The van der Waals surface area contributed by atoms with E-state index in [-0.39, 0.29) is 0 Å². The summed E-state index contributed by atoms with van der Waals surface area (Å²) in [5.74, 6) is 1.81. The van der Waals surface area contributed by atoms with Crippen molar-refractivity contribution in [3.05, 3.63) is 17.2 Å². The van der Waals surface area contributed by atoms with E-state index in [0.29, 0.717) is 11.5 Å². The molecule has 0 radical (unpaired) electrons. The second-order valence-electron chi connectivity index (χ2n) is 9.86. The molecule has 0 amide bonds. The molecule has 0 aliphatic rings. The molecular formula is C30H54O2S. The van der Waals surface area contributed by atoms with Gasteiger partial charge in [0.15, 0.2) is 0 Å². The number of aryl methyl sites for hydroxylation is 1. The molecule has 1 aromatic carbocycles. The largest absolute Gasteiger partial charge is 0.508 e. The standard InChI is InChI=1S/C30H54O2S/c1-4-7-8-9-10-11-12-13-14-15-16-17-18-19-20-21-24-33-30-27(23-6-3)28(31)25-26(22-5-2)29(30)32/h25,31-32H,4-24H2,1-3H3. The van der Waals surface area contributed by atoms with Gasteiger partial charge >= 0.3 is 0 Å². The van der Waals surface area contributed by atoms with Crippen molar-refractivity contribution in [3.63, 3.8) is 0 Å². The first-order valence-corrected chi connectivity index (χ1v) is 15.3. The van der Waals surface area contributed by atoms with E-state index in [1.165, 1.54) is 103 Å². The SMILES string of the molecule is CCCCCCCCCCCCCCCCCCSc1c(O)c(CCC)cc(O)c1CCC. The molecule has 33 heavy (non-hydrogen) atoms. The number of phenols is 2. The third kappa shape index (κ3) is 13.6. The molecule has 0 bridgehead atoms. The van der Waals surface area contributed by atoms with Gasteiger partial charge in [-0.3, -0.25) is 0 Å². The van der Waals surface area contributed by atoms with Gasteiger partial charge in [0.2, 0.25) is 0 Å². The van der Waals surface area contributed by atoms with Crippen LogP contribution in [-0.4, -0.2) is 16.0 Å². The van der Waals surface area contributed by atoms with Gasteiger partial charge in [0, 0.05) is 5.56 Å². The molecule has 3 heteroatoms. The first kappa shape index (κ1) is 30.2. The zero-order valence-corrected chi connectivity index (χ0v) is 23.0. The Kier molecular flexibility index (Phi) is 18.8. The highest BCUT2D eigenvalue weighted by Gasteiger charge is 2.17. The van der Waals surface area contributed by atoms with Crippen molar-refractivity contribution in [3.8, 4) is 11.5 Å². The predicted octanol–water partition coefficient (Wildman–Crippen LogP) is 10.4. The molecule has 1 rings (SSSR count). The Morgan fingerprint density at radius 2 is 1.03 bits per heavy atom. The molecule has 0 aliphatic carbocycles. The number of hydrogen-bond acceptors (Lipinski definition) is 3. The van der Waals surface area contributed by atoms with Crippen LogP contribution in [0.4, 0.5) is 0 Å². The van der Waals surface area contributed by atoms with Gasteiger partial charge in [-0.2, -0.15) is 0 Å². The lowest BCUT2D eigenvalue weighted by Crippen LogP contribution is -1.96. The van der Waals surface area contributed by atoms with Crippen LogP contribution in [0.5, 0.6) is 11.5 Å². The van der Waals surface area contributed by atoms with Gasteiger partial charge in [0.05, 0.1) is 4.90 Å². The summed E-state index contributed by atoms with van der Waals surface area (Å²) in [7, 11) is 0. The Morgan fingerprint density at radius 3 is 1.48 bits per heavy atom. The van der Waals surface area contributed by atoms with Crippen LogP contribution in [0.15, 0.2) is 11.0 Å².